The molecule has 0 bridgehead atoms. The molecule has 2 aliphatic rings. The molecule has 2 aliphatic heterocycles. The fourth-order valence-electron chi connectivity index (χ4n) is 3.72. The van der Waals surface area contributed by atoms with Crippen molar-refractivity contribution in [3.8, 4) is 5.75 Å². The minimum Gasteiger partial charge on any atom is -0.479 e. The summed E-state index contributed by atoms with van der Waals surface area (Å²) < 4.78 is 33.3. The van der Waals surface area contributed by atoms with Crippen LogP contribution in [0, 0.1) is 6.92 Å². The number of fused-ring (bicyclic) bond motifs is 1. The van der Waals surface area contributed by atoms with Crippen LogP contribution in [0.25, 0.3) is 0 Å². The predicted octanol–water partition coefficient (Wildman–Crippen LogP) is 2.44. The van der Waals surface area contributed by atoms with Crippen LogP contribution in [0.4, 0.5) is 5.69 Å². The number of amides is 2. The highest BCUT2D eigenvalue weighted by molar-refractivity contribution is 7.89. The fraction of sp³-hybridized carbons (Fsp3) is 0.364. The number of aryl methyl sites for hydroxylation is 1. The maximum Gasteiger partial charge on any atom is 0.265 e. The standard InChI is InChI=1S/C22H24ClN3O5S/c1-14-3-5-16(6-4-14)11-21(27)25-7-9-26(10-8-25)32(29,30)20-13-19-18(12-17(20)23)24-22(28)15(2)31-19/h3-6,12-13,15H,7-11H2,1-2H3,(H,24,28). The first kappa shape index (κ1) is 22.6. The van der Waals surface area contributed by atoms with Crippen LogP contribution in [0.2, 0.25) is 5.02 Å². The summed E-state index contributed by atoms with van der Waals surface area (Å²) in [7, 11) is -3.90. The number of carbonyl (C=O) groups excluding carboxylic acids is 2. The molecule has 2 aromatic rings. The molecule has 4 rings (SSSR count). The Morgan fingerprint density at radius 2 is 1.81 bits per heavy atom. The fourth-order valence-corrected chi connectivity index (χ4v) is 5.65. The zero-order valence-corrected chi connectivity index (χ0v) is 19.4. The first-order valence-electron chi connectivity index (χ1n) is 10.3. The number of nitrogens with one attached hydrogen (secondary N) is 1. The Kier molecular flexibility index (Phi) is 6.15. The molecule has 2 amide bonds. The number of piperazine rings is 1. The van der Waals surface area contributed by atoms with Gasteiger partial charge in [-0.15, -0.1) is 0 Å². The first-order chi connectivity index (χ1) is 15.1. The van der Waals surface area contributed by atoms with Gasteiger partial charge >= 0.3 is 0 Å². The maximum absolute atomic E-state index is 13.2. The third kappa shape index (κ3) is 4.46. The number of anilines is 1. The van der Waals surface area contributed by atoms with E-state index in [9.17, 15) is 18.0 Å². The summed E-state index contributed by atoms with van der Waals surface area (Å²) >= 11 is 6.25. The molecular formula is C22H24ClN3O5S. The van der Waals surface area contributed by atoms with Crippen molar-refractivity contribution in [2.24, 2.45) is 0 Å². The Morgan fingerprint density at radius 3 is 2.47 bits per heavy atom. The lowest BCUT2D eigenvalue weighted by molar-refractivity contribution is -0.131. The summed E-state index contributed by atoms with van der Waals surface area (Å²) in [5, 5.41) is 2.65. The van der Waals surface area contributed by atoms with Crippen molar-refractivity contribution in [3.05, 3.63) is 52.5 Å². The monoisotopic (exact) mass is 477 g/mol. The summed E-state index contributed by atoms with van der Waals surface area (Å²) in [6.45, 7) is 4.51. The van der Waals surface area contributed by atoms with Crippen LogP contribution >= 0.6 is 11.6 Å². The SMILES string of the molecule is Cc1ccc(CC(=O)N2CCN(S(=O)(=O)c3cc4c(cc3Cl)NC(=O)C(C)O4)CC2)cc1. The van der Waals surface area contributed by atoms with Gasteiger partial charge < -0.3 is 15.0 Å². The average molecular weight is 478 g/mol. The molecule has 1 atom stereocenters. The van der Waals surface area contributed by atoms with E-state index in [1.54, 1.807) is 11.8 Å². The van der Waals surface area contributed by atoms with Gasteiger partial charge in [0.05, 0.1) is 17.1 Å². The van der Waals surface area contributed by atoms with Gasteiger partial charge in [0.25, 0.3) is 5.91 Å². The Morgan fingerprint density at radius 1 is 1.16 bits per heavy atom. The molecule has 32 heavy (non-hydrogen) atoms. The van der Waals surface area contributed by atoms with Crippen LogP contribution in [-0.4, -0.2) is 61.7 Å². The Bertz CT molecular complexity index is 1160. The second kappa shape index (κ2) is 8.73. The van der Waals surface area contributed by atoms with Gasteiger partial charge in [-0.2, -0.15) is 4.31 Å². The van der Waals surface area contributed by atoms with Crippen LogP contribution in [0.1, 0.15) is 18.1 Å². The summed E-state index contributed by atoms with van der Waals surface area (Å²) in [4.78, 5) is 26.0. The molecule has 10 heteroatoms. The van der Waals surface area contributed by atoms with Crippen molar-refractivity contribution >= 4 is 39.1 Å². The van der Waals surface area contributed by atoms with E-state index >= 15 is 0 Å². The van der Waals surface area contributed by atoms with Crippen molar-refractivity contribution in [2.45, 2.75) is 31.3 Å². The van der Waals surface area contributed by atoms with Crippen molar-refractivity contribution in [3.63, 3.8) is 0 Å². The van der Waals surface area contributed by atoms with Crippen molar-refractivity contribution in [1.29, 1.82) is 0 Å². The highest BCUT2D eigenvalue weighted by atomic mass is 35.5. The van der Waals surface area contributed by atoms with Gasteiger partial charge in [0.15, 0.2) is 6.10 Å². The van der Waals surface area contributed by atoms with E-state index in [0.717, 1.165) is 11.1 Å². The van der Waals surface area contributed by atoms with Gasteiger partial charge in [0.1, 0.15) is 10.6 Å². The number of ether oxygens (including phenoxy) is 1. The molecule has 1 fully saturated rings. The lowest BCUT2D eigenvalue weighted by Gasteiger charge is -2.34. The van der Waals surface area contributed by atoms with E-state index in [4.69, 9.17) is 16.3 Å². The van der Waals surface area contributed by atoms with Crippen molar-refractivity contribution in [2.75, 3.05) is 31.5 Å². The molecule has 0 radical (unpaired) electrons. The van der Waals surface area contributed by atoms with Crippen molar-refractivity contribution in [1.82, 2.24) is 9.21 Å². The quantitative estimate of drug-likeness (QED) is 0.729. The third-order valence-electron chi connectivity index (χ3n) is 5.65. The van der Waals surface area contributed by atoms with Crippen LogP contribution in [0.15, 0.2) is 41.3 Å². The smallest absolute Gasteiger partial charge is 0.265 e. The molecule has 2 heterocycles. The lowest BCUT2D eigenvalue weighted by atomic mass is 10.1. The molecular weight excluding hydrogens is 454 g/mol. The highest BCUT2D eigenvalue weighted by Crippen LogP contribution is 2.38. The van der Waals surface area contributed by atoms with Gasteiger partial charge in [-0.05, 0) is 25.5 Å². The number of nitrogens with zero attached hydrogens (tertiary/aromatic N) is 2. The van der Waals surface area contributed by atoms with Gasteiger partial charge in [0.2, 0.25) is 15.9 Å². The molecule has 0 aromatic heterocycles. The van der Waals surface area contributed by atoms with Crippen molar-refractivity contribution < 1.29 is 22.7 Å². The lowest BCUT2D eigenvalue weighted by Crippen LogP contribution is -2.50. The topological polar surface area (TPSA) is 96.0 Å². The number of carbonyl (C=O) groups is 2. The number of rotatable bonds is 4. The van der Waals surface area contributed by atoms with Gasteiger partial charge in [0, 0.05) is 32.2 Å². The largest absolute Gasteiger partial charge is 0.479 e. The number of hydrogen-bond donors (Lipinski definition) is 1. The van der Waals surface area contributed by atoms with Crippen LogP contribution < -0.4 is 10.1 Å². The normalized spacial score (nSPS) is 19.2. The Balaban J connectivity index is 1.45. The Labute approximate surface area is 192 Å². The minimum absolute atomic E-state index is 0.0000742. The summed E-state index contributed by atoms with van der Waals surface area (Å²) in [5.41, 5.74) is 2.39. The first-order valence-corrected chi connectivity index (χ1v) is 12.1. The van der Waals surface area contributed by atoms with Gasteiger partial charge in [-0.25, -0.2) is 8.42 Å². The zero-order chi connectivity index (χ0) is 23.0. The van der Waals surface area contributed by atoms with E-state index in [1.807, 2.05) is 31.2 Å². The minimum atomic E-state index is -3.90. The van der Waals surface area contributed by atoms with Gasteiger partial charge in [-0.1, -0.05) is 41.4 Å². The second-order valence-electron chi connectivity index (χ2n) is 7.98. The van der Waals surface area contributed by atoms with E-state index in [0.29, 0.717) is 18.8 Å². The summed E-state index contributed by atoms with van der Waals surface area (Å²) in [6, 6.07) is 10.5. The highest BCUT2D eigenvalue weighted by Gasteiger charge is 2.34. The van der Waals surface area contributed by atoms with Crippen LogP contribution in [0.5, 0.6) is 5.75 Å². The van der Waals surface area contributed by atoms with E-state index in [1.165, 1.54) is 16.4 Å². The molecule has 8 nitrogen and oxygen atoms in total. The summed E-state index contributed by atoms with van der Waals surface area (Å²) in [5.74, 6) is -0.0987. The summed E-state index contributed by atoms with van der Waals surface area (Å²) in [6.07, 6.45) is -0.451. The van der Waals surface area contributed by atoms with Gasteiger partial charge in [-0.3, -0.25) is 9.59 Å². The number of hydrogen-bond acceptors (Lipinski definition) is 5. The molecule has 0 spiro atoms. The van der Waals surface area contributed by atoms with E-state index < -0.39 is 16.1 Å². The third-order valence-corrected chi connectivity index (χ3v) is 8.01. The van der Waals surface area contributed by atoms with Crippen LogP contribution in [0.3, 0.4) is 0 Å². The molecule has 1 saturated heterocycles. The number of halogens is 1. The zero-order valence-electron chi connectivity index (χ0n) is 17.8. The molecule has 0 aliphatic carbocycles. The second-order valence-corrected chi connectivity index (χ2v) is 10.3. The molecule has 1 N–H and O–H groups in total. The predicted molar refractivity (Wildman–Crippen MR) is 120 cm³/mol. The average Bonchev–Trinajstić information content (AvgIpc) is 2.76. The maximum atomic E-state index is 13.2. The molecule has 170 valence electrons. The number of sulfonamides is 1. The Hall–Kier alpha value is -2.62. The van der Waals surface area contributed by atoms with E-state index in [2.05, 4.69) is 5.32 Å². The molecule has 1 unspecified atom stereocenters. The number of benzene rings is 2. The molecule has 0 saturated carbocycles. The van der Waals surface area contributed by atoms with Crippen LogP contribution in [-0.2, 0) is 26.0 Å². The molecule has 2 aromatic carbocycles. The van der Waals surface area contributed by atoms with E-state index in [-0.39, 0.29) is 47.0 Å².